The number of carbonyl (C=O) groups is 2. The molecule has 7 heteroatoms. The summed E-state index contributed by atoms with van der Waals surface area (Å²) in [5, 5.41) is 5.09. The molecular weight excluding hydrogens is 367 g/mol. The highest BCUT2D eigenvalue weighted by Gasteiger charge is 2.15. The van der Waals surface area contributed by atoms with Crippen molar-refractivity contribution < 1.29 is 18.7 Å². The molecule has 120 valence electrons. The zero-order valence-corrected chi connectivity index (χ0v) is 14.0. The molecule has 0 saturated carbocycles. The van der Waals surface area contributed by atoms with Crippen LogP contribution in [0.25, 0.3) is 0 Å². The number of ether oxygens (including phenoxy) is 1. The molecule has 0 spiro atoms. The molecule has 0 aromatic heterocycles. The van der Waals surface area contributed by atoms with E-state index in [1.165, 1.54) is 32.4 Å². The Balaban J connectivity index is 2.33. The molecule has 0 atom stereocenters. The van der Waals surface area contributed by atoms with Crippen molar-refractivity contribution in [2.24, 2.45) is 0 Å². The summed E-state index contributed by atoms with van der Waals surface area (Å²) in [5.41, 5.74) is 0.695. The molecule has 2 aromatic rings. The van der Waals surface area contributed by atoms with E-state index in [1.54, 1.807) is 12.1 Å². The first-order valence-corrected chi connectivity index (χ1v) is 7.42. The fourth-order valence-corrected chi connectivity index (χ4v) is 2.16. The molecule has 0 fully saturated rings. The lowest BCUT2D eigenvalue weighted by Gasteiger charge is -2.12. The number of carbonyl (C=O) groups excluding carboxylic acids is 2. The van der Waals surface area contributed by atoms with Crippen LogP contribution in [0, 0.1) is 5.82 Å². The molecule has 0 aliphatic rings. The van der Waals surface area contributed by atoms with Crippen molar-refractivity contribution in [2.75, 3.05) is 19.5 Å². The number of halogens is 2. The van der Waals surface area contributed by atoms with Crippen molar-refractivity contribution in [3.8, 4) is 5.75 Å². The molecule has 0 unspecified atom stereocenters. The van der Waals surface area contributed by atoms with Crippen LogP contribution < -0.4 is 15.4 Å². The third-order valence-electron chi connectivity index (χ3n) is 3.13. The van der Waals surface area contributed by atoms with Crippen molar-refractivity contribution in [3.63, 3.8) is 0 Å². The van der Waals surface area contributed by atoms with Gasteiger partial charge in [-0.05, 0) is 52.3 Å². The third-order valence-corrected chi connectivity index (χ3v) is 3.77. The Morgan fingerprint density at radius 3 is 2.48 bits per heavy atom. The van der Waals surface area contributed by atoms with E-state index in [4.69, 9.17) is 4.74 Å². The fraction of sp³-hybridized carbons (Fsp3) is 0.125. The molecule has 2 aromatic carbocycles. The van der Waals surface area contributed by atoms with Crippen LogP contribution in [0.15, 0.2) is 40.9 Å². The number of rotatable bonds is 4. The zero-order chi connectivity index (χ0) is 17.0. The summed E-state index contributed by atoms with van der Waals surface area (Å²) in [5.74, 6) is -0.955. The second-order valence-electron chi connectivity index (χ2n) is 4.57. The Bertz CT molecular complexity index is 765. The maximum Gasteiger partial charge on any atom is 0.255 e. The molecule has 2 rings (SSSR count). The number of anilines is 1. The predicted octanol–water partition coefficient (Wildman–Crippen LogP) is 3.21. The lowest BCUT2D eigenvalue weighted by atomic mass is 10.1. The molecule has 0 heterocycles. The second-order valence-corrected chi connectivity index (χ2v) is 5.43. The minimum absolute atomic E-state index is 0.143. The maximum atomic E-state index is 13.5. The maximum absolute atomic E-state index is 13.5. The van der Waals surface area contributed by atoms with Crippen LogP contribution in [-0.2, 0) is 0 Å². The predicted molar refractivity (Wildman–Crippen MR) is 88.4 cm³/mol. The number of amides is 2. The van der Waals surface area contributed by atoms with Gasteiger partial charge in [0, 0.05) is 12.6 Å². The minimum Gasteiger partial charge on any atom is -0.497 e. The van der Waals surface area contributed by atoms with Crippen LogP contribution in [0.1, 0.15) is 20.7 Å². The summed E-state index contributed by atoms with van der Waals surface area (Å²) in [6, 6.07) is 8.71. The van der Waals surface area contributed by atoms with Gasteiger partial charge in [-0.25, -0.2) is 4.39 Å². The van der Waals surface area contributed by atoms with Gasteiger partial charge in [0.25, 0.3) is 11.8 Å². The topological polar surface area (TPSA) is 67.4 Å². The first-order chi connectivity index (χ1) is 11.0. The van der Waals surface area contributed by atoms with Gasteiger partial charge in [-0.15, -0.1) is 0 Å². The Hall–Kier alpha value is -2.41. The summed E-state index contributed by atoms with van der Waals surface area (Å²) in [4.78, 5) is 24.2. The fourth-order valence-electron chi connectivity index (χ4n) is 1.91. The lowest BCUT2D eigenvalue weighted by Crippen LogP contribution is -2.21. The SMILES string of the molecule is CNC(=O)c1cc(OC)ccc1NC(=O)c1ccc(Br)c(F)c1. The monoisotopic (exact) mass is 380 g/mol. The van der Waals surface area contributed by atoms with E-state index in [-0.39, 0.29) is 21.5 Å². The summed E-state index contributed by atoms with van der Waals surface area (Å²) in [6.07, 6.45) is 0. The lowest BCUT2D eigenvalue weighted by molar-refractivity contribution is 0.0963. The van der Waals surface area contributed by atoms with Gasteiger partial charge in [0.05, 0.1) is 22.8 Å². The first-order valence-electron chi connectivity index (χ1n) is 6.62. The van der Waals surface area contributed by atoms with Gasteiger partial charge < -0.3 is 15.4 Å². The highest BCUT2D eigenvalue weighted by molar-refractivity contribution is 9.10. The van der Waals surface area contributed by atoms with Gasteiger partial charge >= 0.3 is 0 Å². The van der Waals surface area contributed by atoms with Gasteiger partial charge in [-0.1, -0.05) is 0 Å². The van der Waals surface area contributed by atoms with E-state index in [2.05, 4.69) is 26.6 Å². The Morgan fingerprint density at radius 1 is 1.13 bits per heavy atom. The second kappa shape index (κ2) is 7.23. The number of benzene rings is 2. The highest BCUT2D eigenvalue weighted by Crippen LogP contribution is 2.23. The van der Waals surface area contributed by atoms with Crippen molar-refractivity contribution in [2.45, 2.75) is 0 Å². The smallest absolute Gasteiger partial charge is 0.255 e. The Morgan fingerprint density at radius 2 is 1.87 bits per heavy atom. The minimum atomic E-state index is -0.543. The van der Waals surface area contributed by atoms with Gasteiger partial charge in [-0.2, -0.15) is 0 Å². The van der Waals surface area contributed by atoms with Crippen molar-refractivity contribution in [1.82, 2.24) is 5.32 Å². The molecule has 5 nitrogen and oxygen atoms in total. The molecule has 23 heavy (non-hydrogen) atoms. The highest BCUT2D eigenvalue weighted by atomic mass is 79.9. The Kier molecular flexibility index (Phi) is 5.33. The van der Waals surface area contributed by atoms with Crippen LogP contribution in [0.3, 0.4) is 0 Å². The van der Waals surface area contributed by atoms with E-state index >= 15 is 0 Å². The molecule has 0 saturated heterocycles. The van der Waals surface area contributed by atoms with Crippen LogP contribution in [-0.4, -0.2) is 26.0 Å². The summed E-state index contributed by atoms with van der Waals surface area (Å²) >= 11 is 3.03. The average Bonchev–Trinajstić information content (AvgIpc) is 2.56. The van der Waals surface area contributed by atoms with Gasteiger partial charge in [-0.3, -0.25) is 9.59 Å². The van der Waals surface area contributed by atoms with Crippen LogP contribution in [0.5, 0.6) is 5.75 Å². The van der Waals surface area contributed by atoms with Crippen molar-refractivity contribution >= 4 is 33.4 Å². The van der Waals surface area contributed by atoms with E-state index in [0.29, 0.717) is 11.4 Å². The molecule has 0 aliphatic heterocycles. The quantitative estimate of drug-likeness (QED) is 0.855. The number of hydrogen-bond donors (Lipinski definition) is 2. The summed E-state index contributed by atoms with van der Waals surface area (Å²) < 4.78 is 18.9. The first kappa shape index (κ1) is 17.0. The molecular formula is C16H14BrFN2O3. The normalized spacial score (nSPS) is 10.1. The van der Waals surface area contributed by atoms with Crippen LogP contribution in [0.4, 0.5) is 10.1 Å². The van der Waals surface area contributed by atoms with Crippen LogP contribution >= 0.6 is 15.9 Å². The number of nitrogens with one attached hydrogen (secondary N) is 2. The van der Waals surface area contributed by atoms with Crippen molar-refractivity contribution in [3.05, 3.63) is 57.8 Å². The number of methoxy groups -OCH3 is 1. The van der Waals surface area contributed by atoms with E-state index < -0.39 is 11.7 Å². The average molecular weight is 381 g/mol. The van der Waals surface area contributed by atoms with Crippen molar-refractivity contribution in [1.29, 1.82) is 0 Å². The third kappa shape index (κ3) is 3.87. The molecule has 2 amide bonds. The van der Waals surface area contributed by atoms with E-state index in [0.717, 1.165) is 6.07 Å². The molecule has 0 radical (unpaired) electrons. The molecule has 0 aliphatic carbocycles. The van der Waals surface area contributed by atoms with Crippen LogP contribution in [0.2, 0.25) is 0 Å². The van der Waals surface area contributed by atoms with E-state index in [9.17, 15) is 14.0 Å². The van der Waals surface area contributed by atoms with Gasteiger partial charge in [0.15, 0.2) is 0 Å². The Labute approximate surface area is 141 Å². The van der Waals surface area contributed by atoms with Gasteiger partial charge in [0.2, 0.25) is 0 Å². The molecule has 2 N–H and O–H groups in total. The summed E-state index contributed by atoms with van der Waals surface area (Å²) in [7, 11) is 2.96. The van der Waals surface area contributed by atoms with E-state index in [1.807, 2.05) is 0 Å². The standard InChI is InChI=1S/C16H14BrFN2O3/c1-19-16(22)11-8-10(23-2)4-6-14(11)20-15(21)9-3-5-12(17)13(18)7-9/h3-8H,1-2H3,(H,19,22)(H,20,21). The largest absolute Gasteiger partial charge is 0.497 e. The zero-order valence-electron chi connectivity index (χ0n) is 12.4. The number of hydrogen-bond acceptors (Lipinski definition) is 3. The summed E-state index contributed by atoms with van der Waals surface area (Å²) in [6.45, 7) is 0. The molecule has 0 bridgehead atoms. The van der Waals surface area contributed by atoms with Gasteiger partial charge in [0.1, 0.15) is 11.6 Å².